The summed E-state index contributed by atoms with van der Waals surface area (Å²) in [4.78, 5) is 27.4. The molecule has 2 aromatic carbocycles. The molecule has 1 aliphatic heterocycles. The van der Waals surface area contributed by atoms with Gasteiger partial charge in [0.1, 0.15) is 11.3 Å². The molecule has 1 fully saturated rings. The third-order valence-electron chi connectivity index (χ3n) is 5.22. The maximum Gasteiger partial charge on any atom is 0.259 e. The number of amides is 1. The zero-order chi connectivity index (χ0) is 19.6. The maximum absolute atomic E-state index is 12.7. The largest absolute Gasteiger partial charge is 0.338 e. The first-order chi connectivity index (χ1) is 14.3. The summed E-state index contributed by atoms with van der Waals surface area (Å²) >= 11 is 1.39. The highest BCUT2D eigenvalue weighted by molar-refractivity contribution is 7.13. The number of para-hydroxylation sites is 1. The Morgan fingerprint density at radius 2 is 2.03 bits per heavy atom. The van der Waals surface area contributed by atoms with E-state index in [2.05, 4.69) is 44.5 Å². The van der Waals surface area contributed by atoms with Crippen LogP contribution >= 0.6 is 11.3 Å². The van der Waals surface area contributed by atoms with Crippen molar-refractivity contribution in [3.8, 4) is 11.4 Å². The van der Waals surface area contributed by atoms with E-state index in [9.17, 15) is 4.79 Å². The van der Waals surface area contributed by atoms with Crippen LogP contribution in [0.2, 0.25) is 0 Å². The Labute approximate surface area is 172 Å². The highest BCUT2D eigenvalue weighted by atomic mass is 32.1. The number of hydrogen-bond acceptors (Lipinski definition) is 5. The third kappa shape index (κ3) is 3.79. The van der Waals surface area contributed by atoms with E-state index in [0.717, 1.165) is 23.4 Å². The fourth-order valence-electron chi connectivity index (χ4n) is 3.82. The Hall–Kier alpha value is -3.03. The molecule has 146 valence electrons. The van der Waals surface area contributed by atoms with Crippen molar-refractivity contribution >= 4 is 33.4 Å². The van der Waals surface area contributed by atoms with Gasteiger partial charge in [-0.1, -0.05) is 24.3 Å². The molecule has 29 heavy (non-hydrogen) atoms. The molecule has 2 N–H and O–H groups in total. The lowest BCUT2D eigenvalue weighted by atomic mass is 10.1. The number of H-pyrrole nitrogens is 1. The molecule has 1 aliphatic rings. The topological polar surface area (TPSA) is 73.9 Å². The number of aromatic nitrogens is 3. The second kappa shape index (κ2) is 7.77. The highest BCUT2D eigenvalue weighted by Gasteiger charge is 2.16. The SMILES string of the molecule is O=C(Nc1nccs1)c1cccc2[nH]c(-c3cccc(CN4CCCC4)c3)nc12. The summed E-state index contributed by atoms with van der Waals surface area (Å²) in [5.74, 6) is 0.573. The second-order valence-electron chi connectivity index (χ2n) is 7.26. The summed E-state index contributed by atoms with van der Waals surface area (Å²) in [6.07, 6.45) is 4.24. The third-order valence-corrected chi connectivity index (χ3v) is 5.90. The van der Waals surface area contributed by atoms with E-state index in [1.807, 2.05) is 17.5 Å². The Morgan fingerprint density at radius 1 is 1.17 bits per heavy atom. The van der Waals surface area contributed by atoms with Crippen molar-refractivity contribution in [3.05, 3.63) is 65.2 Å². The number of likely N-dealkylation sites (tertiary alicyclic amines) is 1. The summed E-state index contributed by atoms with van der Waals surface area (Å²) in [6, 6.07) is 14.1. The van der Waals surface area contributed by atoms with Crippen LogP contribution in [0.3, 0.4) is 0 Å². The van der Waals surface area contributed by atoms with Gasteiger partial charge in [0.25, 0.3) is 5.91 Å². The molecule has 0 aliphatic carbocycles. The lowest BCUT2D eigenvalue weighted by Gasteiger charge is -2.14. The molecule has 0 radical (unpaired) electrons. The number of rotatable bonds is 5. The van der Waals surface area contributed by atoms with Crippen LogP contribution < -0.4 is 5.32 Å². The predicted molar refractivity (Wildman–Crippen MR) is 116 cm³/mol. The van der Waals surface area contributed by atoms with Gasteiger partial charge in [-0.25, -0.2) is 9.97 Å². The zero-order valence-electron chi connectivity index (χ0n) is 15.9. The van der Waals surface area contributed by atoms with Gasteiger partial charge in [-0.15, -0.1) is 11.3 Å². The Balaban J connectivity index is 1.45. The van der Waals surface area contributed by atoms with Gasteiger partial charge in [0.15, 0.2) is 5.13 Å². The van der Waals surface area contributed by atoms with Crippen LogP contribution in [0, 0.1) is 0 Å². The molecule has 6 nitrogen and oxygen atoms in total. The minimum atomic E-state index is -0.202. The van der Waals surface area contributed by atoms with Crippen LogP contribution in [-0.2, 0) is 6.54 Å². The molecule has 4 aromatic rings. The molecular formula is C22H21N5OS. The zero-order valence-corrected chi connectivity index (χ0v) is 16.7. The van der Waals surface area contributed by atoms with Crippen molar-refractivity contribution in [2.24, 2.45) is 0 Å². The van der Waals surface area contributed by atoms with Crippen LogP contribution in [0.4, 0.5) is 5.13 Å². The monoisotopic (exact) mass is 403 g/mol. The van der Waals surface area contributed by atoms with Gasteiger partial charge in [-0.2, -0.15) is 0 Å². The molecular weight excluding hydrogens is 382 g/mol. The average molecular weight is 404 g/mol. The van der Waals surface area contributed by atoms with Crippen molar-refractivity contribution in [1.82, 2.24) is 19.9 Å². The van der Waals surface area contributed by atoms with E-state index in [4.69, 9.17) is 4.98 Å². The van der Waals surface area contributed by atoms with Crippen LogP contribution in [-0.4, -0.2) is 38.8 Å². The summed E-state index contributed by atoms with van der Waals surface area (Å²) in [5.41, 5.74) is 4.36. The summed E-state index contributed by atoms with van der Waals surface area (Å²) in [6.45, 7) is 3.31. The number of nitrogens with zero attached hydrogens (tertiary/aromatic N) is 3. The van der Waals surface area contributed by atoms with Crippen molar-refractivity contribution in [2.75, 3.05) is 18.4 Å². The molecule has 1 saturated heterocycles. The van der Waals surface area contributed by atoms with Crippen molar-refractivity contribution in [2.45, 2.75) is 19.4 Å². The highest BCUT2D eigenvalue weighted by Crippen LogP contribution is 2.25. The fraction of sp³-hybridized carbons (Fsp3) is 0.227. The molecule has 0 bridgehead atoms. The number of imidazole rings is 1. The normalized spacial score (nSPS) is 14.5. The van der Waals surface area contributed by atoms with Crippen molar-refractivity contribution in [3.63, 3.8) is 0 Å². The van der Waals surface area contributed by atoms with Gasteiger partial charge in [-0.3, -0.25) is 15.0 Å². The predicted octanol–water partition coefficient (Wildman–Crippen LogP) is 4.53. The van der Waals surface area contributed by atoms with E-state index in [-0.39, 0.29) is 5.91 Å². The molecule has 0 unspecified atom stereocenters. The number of nitrogens with one attached hydrogen (secondary N) is 2. The van der Waals surface area contributed by atoms with E-state index in [0.29, 0.717) is 16.2 Å². The number of hydrogen-bond donors (Lipinski definition) is 2. The number of anilines is 1. The van der Waals surface area contributed by atoms with Crippen LogP contribution in [0.5, 0.6) is 0 Å². The van der Waals surface area contributed by atoms with Gasteiger partial charge in [-0.05, 0) is 49.7 Å². The van der Waals surface area contributed by atoms with Gasteiger partial charge < -0.3 is 4.98 Å². The molecule has 5 rings (SSSR count). The van der Waals surface area contributed by atoms with Gasteiger partial charge in [0.05, 0.1) is 11.1 Å². The van der Waals surface area contributed by atoms with E-state index in [1.54, 1.807) is 12.3 Å². The quantitative estimate of drug-likeness (QED) is 0.513. The summed E-state index contributed by atoms with van der Waals surface area (Å²) in [5, 5.41) is 5.25. The van der Waals surface area contributed by atoms with Crippen LogP contribution in [0.15, 0.2) is 54.0 Å². The molecule has 0 saturated carbocycles. The lowest BCUT2D eigenvalue weighted by molar-refractivity contribution is 0.102. The minimum absolute atomic E-state index is 0.202. The first kappa shape index (κ1) is 18.0. The number of aromatic amines is 1. The first-order valence-corrected chi connectivity index (χ1v) is 10.7. The molecule has 1 amide bonds. The summed E-state index contributed by atoms with van der Waals surface area (Å²) < 4.78 is 0. The minimum Gasteiger partial charge on any atom is -0.338 e. The van der Waals surface area contributed by atoms with Crippen molar-refractivity contribution in [1.29, 1.82) is 0 Å². The van der Waals surface area contributed by atoms with Crippen LogP contribution in [0.1, 0.15) is 28.8 Å². The molecule has 2 aromatic heterocycles. The number of benzene rings is 2. The number of carbonyl (C=O) groups excluding carboxylic acids is 1. The fourth-order valence-corrected chi connectivity index (χ4v) is 4.34. The molecule has 0 atom stereocenters. The molecule has 7 heteroatoms. The smallest absolute Gasteiger partial charge is 0.259 e. The second-order valence-corrected chi connectivity index (χ2v) is 8.16. The van der Waals surface area contributed by atoms with E-state index >= 15 is 0 Å². The number of thiazole rings is 1. The number of fused-ring (bicyclic) bond motifs is 1. The Bertz CT molecular complexity index is 1150. The first-order valence-electron chi connectivity index (χ1n) is 9.77. The maximum atomic E-state index is 12.7. The van der Waals surface area contributed by atoms with E-state index < -0.39 is 0 Å². The van der Waals surface area contributed by atoms with Gasteiger partial charge in [0, 0.05) is 23.7 Å². The Morgan fingerprint density at radius 3 is 2.86 bits per heavy atom. The molecule has 0 spiro atoms. The lowest BCUT2D eigenvalue weighted by Crippen LogP contribution is -2.18. The van der Waals surface area contributed by atoms with E-state index in [1.165, 1.54) is 42.8 Å². The van der Waals surface area contributed by atoms with Crippen molar-refractivity contribution < 1.29 is 4.79 Å². The van der Waals surface area contributed by atoms with Crippen LogP contribution in [0.25, 0.3) is 22.4 Å². The number of carbonyl (C=O) groups is 1. The molecule has 3 heterocycles. The van der Waals surface area contributed by atoms with Gasteiger partial charge in [0.2, 0.25) is 0 Å². The van der Waals surface area contributed by atoms with Gasteiger partial charge >= 0.3 is 0 Å². The summed E-state index contributed by atoms with van der Waals surface area (Å²) in [7, 11) is 0. The standard InChI is InChI=1S/C22H21N5OS/c28-21(26-22-23-9-12-29-22)17-7-4-8-18-19(17)25-20(24-18)16-6-3-5-15(13-16)14-27-10-1-2-11-27/h3-9,12-13H,1-2,10-11,14H2,(H,24,25)(H,23,26,28). The Kier molecular flexibility index (Phi) is 4.83. The average Bonchev–Trinajstić information content (AvgIpc) is 3.49.